The third kappa shape index (κ3) is 5.30. The fourth-order valence-electron chi connectivity index (χ4n) is 1.82. The third-order valence-corrected chi connectivity index (χ3v) is 4.41. The van der Waals surface area contributed by atoms with Gasteiger partial charge in [-0.3, -0.25) is 4.21 Å². The Balaban J connectivity index is 2.83. The first-order valence-electron chi connectivity index (χ1n) is 6.47. The molecule has 0 spiro atoms. The number of urea groups is 1. The van der Waals surface area contributed by atoms with Gasteiger partial charge in [0, 0.05) is 59.3 Å². The predicted octanol–water partition coefficient (Wildman–Crippen LogP) is 2.72. The van der Waals surface area contributed by atoms with E-state index < -0.39 is 10.8 Å². The standard InChI is InChI=1S/C14H21ClN2O3S/c1-10(9-21(4)19)17(2)14(18)16-13-7-5-6-12(15)11(13)8-20-3/h5-7,10H,8-9H2,1-4H3,(H,16,18)/t10-,21+/m1/s1. The van der Waals surface area contributed by atoms with Gasteiger partial charge in [-0.2, -0.15) is 0 Å². The number of amides is 2. The average Bonchev–Trinajstić information content (AvgIpc) is 2.41. The third-order valence-electron chi connectivity index (χ3n) is 3.11. The molecule has 1 aromatic rings. The Labute approximate surface area is 133 Å². The molecule has 21 heavy (non-hydrogen) atoms. The van der Waals surface area contributed by atoms with Crippen LogP contribution in [-0.2, 0) is 22.1 Å². The zero-order chi connectivity index (χ0) is 16.0. The van der Waals surface area contributed by atoms with Gasteiger partial charge in [0.15, 0.2) is 0 Å². The molecule has 118 valence electrons. The number of nitrogens with zero attached hydrogens (tertiary/aromatic N) is 1. The maximum atomic E-state index is 12.2. The molecule has 1 aromatic carbocycles. The van der Waals surface area contributed by atoms with Crippen LogP contribution in [0.4, 0.5) is 10.5 Å². The van der Waals surface area contributed by atoms with E-state index in [1.54, 1.807) is 38.6 Å². The molecule has 0 saturated carbocycles. The first kappa shape index (κ1) is 17.9. The molecule has 2 atom stereocenters. The Morgan fingerprint density at radius 3 is 2.76 bits per heavy atom. The van der Waals surface area contributed by atoms with Crippen LogP contribution in [0, 0.1) is 0 Å². The van der Waals surface area contributed by atoms with Crippen molar-refractivity contribution in [3.8, 4) is 0 Å². The first-order valence-corrected chi connectivity index (χ1v) is 8.57. The van der Waals surface area contributed by atoms with Gasteiger partial charge in [-0.15, -0.1) is 0 Å². The largest absolute Gasteiger partial charge is 0.380 e. The van der Waals surface area contributed by atoms with E-state index >= 15 is 0 Å². The van der Waals surface area contributed by atoms with Crippen molar-refractivity contribution < 1.29 is 13.7 Å². The Hall–Kier alpha value is -1.11. The number of carbonyl (C=O) groups is 1. The minimum Gasteiger partial charge on any atom is -0.380 e. The summed E-state index contributed by atoms with van der Waals surface area (Å²) < 4.78 is 16.3. The topological polar surface area (TPSA) is 58.6 Å². The van der Waals surface area contributed by atoms with E-state index in [1.165, 1.54) is 4.90 Å². The number of carbonyl (C=O) groups excluding carboxylic acids is 1. The van der Waals surface area contributed by atoms with Crippen molar-refractivity contribution in [2.24, 2.45) is 0 Å². The monoisotopic (exact) mass is 332 g/mol. The van der Waals surface area contributed by atoms with Crippen LogP contribution >= 0.6 is 11.6 Å². The molecule has 0 radical (unpaired) electrons. The molecule has 1 N–H and O–H groups in total. The van der Waals surface area contributed by atoms with Crippen LogP contribution in [0.3, 0.4) is 0 Å². The van der Waals surface area contributed by atoms with Crippen molar-refractivity contribution in [2.75, 3.05) is 31.5 Å². The maximum Gasteiger partial charge on any atom is 0.321 e. The lowest BCUT2D eigenvalue weighted by molar-refractivity contribution is 0.185. The molecule has 0 unspecified atom stereocenters. The van der Waals surface area contributed by atoms with Gasteiger partial charge in [0.2, 0.25) is 0 Å². The molecule has 0 bridgehead atoms. The quantitative estimate of drug-likeness (QED) is 0.871. The lowest BCUT2D eigenvalue weighted by Crippen LogP contribution is -2.41. The van der Waals surface area contributed by atoms with Gasteiger partial charge < -0.3 is 15.0 Å². The van der Waals surface area contributed by atoms with Gasteiger partial charge in [-0.25, -0.2) is 4.79 Å². The highest BCUT2D eigenvalue weighted by molar-refractivity contribution is 7.84. The second kappa shape index (κ2) is 8.36. The number of ether oxygens (including phenoxy) is 1. The molecule has 5 nitrogen and oxygen atoms in total. The summed E-state index contributed by atoms with van der Waals surface area (Å²) in [6.07, 6.45) is 1.62. The van der Waals surface area contributed by atoms with Gasteiger partial charge in [0.25, 0.3) is 0 Å². The molecule has 0 heterocycles. The van der Waals surface area contributed by atoms with Crippen molar-refractivity contribution in [2.45, 2.75) is 19.6 Å². The normalized spacial score (nSPS) is 13.6. The Kier molecular flexibility index (Phi) is 7.14. The van der Waals surface area contributed by atoms with Crippen LogP contribution < -0.4 is 5.32 Å². The summed E-state index contributed by atoms with van der Waals surface area (Å²) in [6.45, 7) is 2.17. The van der Waals surface area contributed by atoms with Crippen LogP contribution in [0.25, 0.3) is 0 Å². The minimum absolute atomic E-state index is 0.124. The van der Waals surface area contributed by atoms with Gasteiger partial charge >= 0.3 is 6.03 Å². The van der Waals surface area contributed by atoms with Crippen molar-refractivity contribution in [1.82, 2.24) is 4.90 Å². The highest BCUT2D eigenvalue weighted by Gasteiger charge is 2.18. The summed E-state index contributed by atoms with van der Waals surface area (Å²) in [6, 6.07) is 4.89. The van der Waals surface area contributed by atoms with Crippen molar-refractivity contribution in [3.63, 3.8) is 0 Å². The molecule has 0 aliphatic heterocycles. The molecule has 1 rings (SSSR count). The van der Waals surface area contributed by atoms with Gasteiger partial charge in [0.1, 0.15) is 0 Å². The second-order valence-electron chi connectivity index (χ2n) is 4.83. The summed E-state index contributed by atoms with van der Waals surface area (Å²) in [7, 11) is 2.29. The van der Waals surface area contributed by atoms with E-state index in [-0.39, 0.29) is 12.1 Å². The second-order valence-corrected chi connectivity index (χ2v) is 6.72. The maximum absolute atomic E-state index is 12.2. The highest BCUT2D eigenvalue weighted by atomic mass is 35.5. The number of hydrogen-bond donors (Lipinski definition) is 1. The number of hydrogen-bond acceptors (Lipinski definition) is 3. The van der Waals surface area contributed by atoms with Crippen molar-refractivity contribution in [3.05, 3.63) is 28.8 Å². The van der Waals surface area contributed by atoms with E-state index in [1.807, 2.05) is 6.92 Å². The van der Waals surface area contributed by atoms with E-state index in [0.717, 1.165) is 5.56 Å². The molecule has 0 fully saturated rings. The number of rotatable bonds is 6. The number of halogens is 1. The molecular weight excluding hydrogens is 312 g/mol. The molecule has 0 aromatic heterocycles. The van der Waals surface area contributed by atoms with E-state index in [0.29, 0.717) is 23.1 Å². The van der Waals surface area contributed by atoms with Crippen LogP contribution in [-0.4, -0.2) is 47.3 Å². The van der Waals surface area contributed by atoms with Crippen molar-refractivity contribution >= 4 is 34.1 Å². The Bertz CT molecular complexity index is 525. The van der Waals surface area contributed by atoms with Gasteiger partial charge in [-0.05, 0) is 19.1 Å². The number of benzene rings is 1. The van der Waals surface area contributed by atoms with Crippen molar-refractivity contribution in [1.29, 1.82) is 0 Å². The zero-order valence-electron chi connectivity index (χ0n) is 12.7. The molecule has 0 aliphatic carbocycles. The number of nitrogens with one attached hydrogen (secondary N) is 1. The van der Waals surface area contributed by atoms with Gasteiger partial charge in [-0.1, -0.05) is 17.7 Å². The Morgan fingerprint density at radius 1 is 1.52 bits per heavy atom. The number of methoxy groups -OCH3 is 1. The van der Waals surface area contributed by atoms with Gasteiger partial charge in [0.05, 0.1) is 6.61 Å². The lowest BCUT2D eigenvalue weighted by Gasteiger charge is -2.25. The van der Waals surface area contributed by atoms with Crippen LogP contribution in [0.5, 0.6) is 0 Å². The molecular formula is C14H21ClN2O3S. The zero-order valence-corrected chi connectivity index (χ0v) is 14.3. The minimum atomic E-state index is -0.953. The number of anilines is 1. The SMILES string of the molecule is COCc1c(Cl)cccc1NC(=O)N(C)[C@H](C)C[S@](C)=O. The molecule has 0 saturated heterocycles. The fourth-order valence-corrected chi connectivity index (χ4v) is 2.95. The summed E-state index contributed by atoms with van der Waals surface area (Å²) in [5.41, 5.74) is 1.35. The van der Waals surface area contributed by atoms with Crippen LogP contribution in [0.2, 0.25) is 5.02 Å². The highest BCUT2D eigenvalue weighted by Crippen LogP contribution is 2.25. The average molecular weight is 333 g/mol. The lowest BCUT2D eigenvalue weighted by atomic mass is 10.2. The fraction of sp³-hybridized carbons (Fsp3) is 0.500. The molecule has 7 heteroatoms. The summed E-state index contributed by atoms with van der Waals surface area (Å²) in [5.74, 6) is 0.435. The Morgan fingerprint density at radius 2 is 2.19 bits per heavy atom. The predicted molar refractivity (Wildman–Crippen MR) is 87.3 cm³/mol. The summed E-state index contributed by atoms with van der Waals surface area (Å²) in [5, 5.41) is 3.36. The van der Waals surface area contributed by atoms with E-state index in [9.17, 15) is 9.00 Å². The van der Waals surface area contributed by atoms with Crippen LogP contribution in [0.15, 0.2) is 18.2 Å². The molecule has 0 aliphatic rings. The summed E-state index contributed by atoms with van der Waals surface area (Å²) >= 11 is 6.12. The smallest absolute Gasteiger partial charge is 0.321 e. The summed E-state index contributed by atoms with van der Waals surface area (Å²) in [4.78, 5) is 13.8. The van der Waals surface area contributed by atoms with E-state index in [2.05, 4.69) is 5.32 Å². The van der Waals surface area contributed by atoms with E-state index in [4.69, 9.17) is 16.3 Å². The molecule has 2 amide bonds. The first-order chi connectivity index (χ1) is 9.86. The van der Waals surface area contributed by atoms with Crippen LogP contribution in [0.1, 0.15) is 12.5 Å².